The van der Waals surface area contributed by atoms with Gasteiger partial charge in [0.2, 0.25) is 0 Å². The zero-order chi connectivity index (χ0) is 11.7. The van der Waals surface area contributed by atoms with Gasteiger partial charge >= 0.3 is 6.18 Å². The van der Waals surface area contributed by atoms with Crippen LogP contribution in [0.5, 0.6) is 0 Å². The lowest BCUT2D eigenvalue weighted by Gasteiger charge is -2.38. The van der Waals surface area contributed by atoms with E-state index in [1.54, 1.807) is 0 Å². The molecule has 1 aliphatic heterocycles. The van der Waals surface area contributed by atoms with Gasteiger partial charge in [0, 0.05) is 0 Å². The van der Waals surface area contributed by atoms with Crippen molar-refractivity contribution < 1.29 is 21.6 Å². The Kier molecular flexibility index (Phi) is 3.35. The highest BCUT2D eigenvalue weighted by atomic mass is 32.2. The minimum Gasteiger partial charge on any atom is -0.303 e. The fraction of sp³-hybridized carbons (Fsp3) is 1.00. The topological polar surface area (TPSA) is 46.2 Å². The lowest BCUT2D eigenvalue weighted by atomic mass is 9.94. The molecule has 7 heteroatoms. The Bertz CT molecular complexity index is 321. The van der Waals surface area contributed by atoms with Crippen molar-refractivity contribution in [1.82, 2.24) is 5.32 Å². The molecule has 1 saturated heterocycles. The summed E-state index contributed by atoms with van der Waals surface area (Å²) in [5, 5.41) is 2.29. The molecule has 90 valence electrons. The van der Waals surface area contributed by atoms with Crippen LogP contribution in [-0.2, 0) is 9.84 Å². The Morgan fingerprint density at radius 3 is 2.40 bits per heavy atom. The fourth-order valence-electron chi connectivity index (χ4n) is 1.92. The average Bonchev–Trinajstić information content (AvgIpc) is 2.00. The molecule has 0 aromatic carbocycles. The number of nitrogens with one attached hydrogen (secondary N) is 1. The molecule has 1 atom stereocenters. The Labute approximate surface area is 87.0 Å². The molecule has 0 aromatic rings. The largest absolute Gasteiger partial charge is 0.407 e. The normalized spacial score (nSPS) is 31.5. The van der Waals surface area contributed by atoms with E-state index in [9.17, 15) is 21.6 Å². The van der Waals surface area contributed by atoms with Crippen LogP contribution < -0.4 is 5.32 Å². The molecule has 0 aliphatic carbocycles. The summed E-state index contributed by atoms with van der Waals surface area (Å²) in [5.74, 6) is -0.979. The van der Waals surface area contributed by atoms with E-state index < -0.39 is 27.3 Å². The lowest BCUT2D eigenvalue weighted by Crippen LogP contribution is -2.62. The SMILES string of the molecule is CCNC1(C(F)(F)F)CCCS(=O)(=O)C1. The van der Waals surface area contributed by atoms with Crippen LogP contribution >= 0.6 is 0 Å². The van der Waals surface area contributed by atoms with Crippen molar-refractivity contribution in [2.24, 2.45) is 0 Å². The summed E-state index contributed by atoms with van der Waals surface area (Å²) < 4.78 is 60.9. The van der Waals surface area contributed by atoms with Crippen molar-refractivity contribution in [3.8, 4) is 0 Å². The molecule has 1 heterocycles. The number of hydrogen-bond donors (Lipinski definition) is 1. The van der Waals surface area contributed by atoms with Gasteiger partial charge in [0.05, 0.1) is 11.5 Å². The van der Waals surface area contributed by atoms with E-state index in [0.717, 1.165) is 0 Å². The maximum absolute atomic E-state index is 12.8. The number of hydrogen-bond acceptors (Lipinski definition) is 3. The molecule has 1 aliphatic rings. The maximum atomic E-state index is 12.8. The number of sulfone groups is 1. The van der Waals surface area contributed by atoms with E-state index in [1.165, 1.54) is 6.92 Å². The first kappa shape index (κ1) is 12.8. The predicted molar refractivity (Wildman–Crippen MR) is 50.4 cm³/mol. The van der Waals surface area contributed by atoms with Gasteiger partial charge in [-0.05, 0) is 19.4 Å². The molecule has 0 amide bonds. The summed E-state index contributed by atoms with van der Waals surface area (Å²) in [5.41, 5.74) is -2.24. The van der Waals surface area contributed by atoms with Crippen LogP contribution in [0.3, 0.4) is 0 Å². The molecule has 0 saturated carbocycles. The van der Waals surface area contributed by atoms with Gasteiger partial charge in [0.25, 0.3) is 0 Å². The van der Waals surface area contributed by atoms with Crippen molar-refractivity contribution in [1.29, 1.82) is 0 Å². The van der Waals surface area contributed by atoms with Gasteiger partial charge in [-0.3, -0.25) is 0 Å². The highest BCUT2D eigenvalue weighted by Gasteiger charge is 2.57. The quantitative estimate of drug-likeness (QED) is 0.792. The first-order chi connectivity index (χ1) is 6.72. The maximum Gasteiger partial charge on any atom is 0.407 e. The fourth-order valence-corrected chi connectivity index (χ4v) is 3.80. The predicted octanol–water partition coefficient (Wildman–Crippen LogP) is 1.11. The van der Waals surface area contributed by atoms with E-state index in [-0.39, 0.29) is 25.1 Å². The molecule has 0 bridgehead atoms. The van der Waals surface area contributed by atoms with Crippen LogP contribution in [0.1, 0.15) is 19.8 Å². The summed E-state index contributed by atoms with van der Waals surface area (Å²) in [6.07, 6.45) is -4.62. The highest BCUT2D eigenvalue weighted by Crippen LogP contribution is 2.38. The second-order valence-electron chi connectivity index (χ2n) is 3.81. The molecule has 0 radical (unpaired) electrons. The van der Waals surface area contributed by atoms with Gasteiger partial charge in [-0.2, -0.15) is 13.2 Å². The third kappa shape index (κ3) is 2.63. The van der Waals surface area contributed by atoms with E-state index >= 15 is 0 Å². The Morgan fingerprint density at radius 1 is 1.40 bits per heavy atom. The van der Waals surface area contributed by atoms with Crippen molar-refractivity contribution in [3.05, 3.63) is 0 Å². The minimum absolute atomic E-state index is 0.0643. The highest BCUT2D eigenvalue weighted by molar-refractivity contribution is 7.91. The van der Waals surface area contributed by atoms with Gasteiger partial charge in [0.1, 0.15) is 5.54 Å². The van der Waals surface area contributed by atoms with Crippen LogP contribution in [0.2, 0.25) is 0 Å². The summed E-state index contributed by atoms with van der Waals surface area (Å²) in [4.78, 5) is 0. The van der Waals surface area contributed by atoms with E-state index in [1.807, 2.05) is 0 Å². The Hall–Kier alpha value is -0.300. The first-order valence-electron chi connectivity index (χ1n) is 4.75. The molecule has 0 aromatic heterocycles. The van der Waals surface area contributed by atoms with Gasteiger partial charge < -0.3 is 5.32 Å². The molecular weight excluding hydrogens is 231 g/mol. The lowest BCUT2D eigenvalue weighted by molar-refractivity contribution is -0.192. The first-order valence-corrected chi connectivity index (χ1v) is 6.57. The van der Waals surface area contributed by atoms with Crippen LogP contribution in [0.25, 0.3) is 0 Å². The zero-order valence-electron chi connectivity index (χ0n) is 8.39. The molecule has 1 unspecified atom stereocenters. The number of halogens is 3. The molecule has 1 N–H and O–H groups in total. The van der Waals surface area contributed by atoms with Gasteiger partial charge in [-0.1, -0.05) is 6.92 Å². The minimum atomic E-state index is -4.52. The molecule has 15 heavy (non-hydrogen) atoms. The molecule has 1 fully saturated rings. The average molecular weight is 245 g/mol. The van der Waals surface area contributed by atoms with Crippen molar-refractivity contribution in [2.45, 2.75) is 31.5 Å². The van der Waals surface area contributed by atoms with Crippen molar-refractivity contribution in [3.63, 3.8) is 0 Å². The number of alkyl halides is 3. The summed E-state index contributed by atoms with van der Waals surface area (Å²) >= 11 is 0. The van der Waals surface area contributed by atoms with E-state index in [0.29, 0.717) is 0 Å². The van der Waals surface area contributed by atoms with Gasteiger partial charge in [0.15, 0.2) is 9.84 Å². The van der Waals surface area contributed by atoms with Crippen LogP contribution in [0.15, 0.2) is 0 Å². The third-order valence-corrected chi connectivity index (χ3v) is 4.43. The van der Waals surface area contributed by atoms with Crippen LogP contribution in [0.4, 0.5) is 13.2 Å². The summed E-state index contributed by atoms with van der Waals surface area (Å²) in [7, 11) is -3.58. The Morgan fingerprint density at radius 2 is 2.00 bits per heavy atom. The van der Waals surface area contributed by atoms with E-state index in [2.05, 4.69) is 5.32 Å². The smallest absolute Gasteiger partial charge is 0.303 e. The van der Waals surface area contributed by atoms with Crippen LogP contribution in [-0.4, -0.2) is 38.2 Å². The second kappa shape index (κ2) is 3.93. The van der Waals surface area contributed by atoms with Crippen LogP contribution in [0, 0.1) is 0 Å². The molecule has 0 spiro atoms. The second-order valence-corrected chi connectivity index (χ2v) is 5.99. The monoisotopic (exact) mass is 245 g/mol. The molecule has 3 nitrogen and oxygen atoms in total. The van der Waals surface area contributed by atoms with Crippen molar-refractivity contribution in [2.75, 3.05) is 18.1 Å². The Balaban J connectivity index is 3.01. The van der Waals surface area contributed by atoms with Gasteiger partial charge in [-0.15, -0.1) is 0 Å². The van der Waals surface area contributed by atoms with Gasteiger partial charge in [-0.25, -0.2) is 8.42 Å². The van der Waals surface area contributed by atoms with Crippen molar-refractivity contribution >= 4 is 9.84 Å². The summed E-state index contributed by atoms with van der Waals surface area (Å²) in [6.45, 7) is 1.64. The zero-order valence-corrected chi connectivity index (χ0v) is 9.21. The summed E-state index contributed by atoms with van der Waals surface area (Å²) in [6, 6.07) is 0. The third-order valence-electron chi connectivity index (χ3n) is 2.58. The molecule has 1 rings (SSSR count). The van der Waals surface area contributed by atoms with E-state index in [4.69, 9.17) is 0 Å². The molecular formula is C8H14F3NO2S. The number of rotatable bonds is 2. The standard InChI is InChI=1S/C8H14F3NO2S/c1-2-12-7(8(9,10)11)4-3-5-15(13,14)6-7/h12H,2-6H2,1H3.